The summed E-state index contributed by atoms with van der Waals surface area (Å²) in [4.78, 5) is 38.1. The molecule has 2 fully saturated rings. The number of amides is 3. The van der Waals surface area contributed by atoms with Gasteiger partial charge in [0, 0.05) is 19.6 Å². The zero-order chi connectivity index (χ0) is 21.4. The van der Waals surface area contributed by atoms with Crippen molar-refractivity contribution in [3.63, 3.8) is 0 Å². The predicted molar refractivity (Wildman–Crippen MR) is 98.1 cm³/mol. The van der Waals surface area contributed by atoms with Gasteiger partial charge in [-0.05, 0) is 32.8 Å². The van der Waals surface area contributed by atoms with Gasteiger partial charge in [-0.3, -0.25) is 4.79 Å². The number of likely N-dealkylation sites (tertiary alicyclic amines) is 2. The largest absolute Gasteiger partial charge is 0.445 e. The van der Waals surface area contributed by atoms with E-state index in [-0.39, 0.29) is 32.7 Å². The minimum absolute atomic E-state index is 0.0327. The second kappa shape index (κ2) is 7.27. The Labute approximate surface area is 167 Å². The summed E-state index contributed by atoms with van der Waals surface area (Å²) < 4.78 is 39.9. The van der Waals surface area contributed by atoms with E-state index in [1.165, 1.54) is 0 Å². The van der Waals surface area contributed by atoms with Crippen LogP contribution in [-0.4, -0.2) is 59.1 Å². The number of benzene rings is 1. The van der Waals surface area contributed by atoms with Gasteiger partial charge in [0.15, 0.2) is 0 Å². The average molecular weight is 410 g/mol. The normalized spacial score (nSPS) is 20.2. The van der Waals surface area contributed by atoms with Gasteiger partial charge in [-0.1, -0.05) is 30.3 Å². The fraction of sp³-hybridized carbons (Fsp3) is 0.550. The first-order valence-electron chi connectivity index (χ1n) is 9.34. The van der Waals surface area contributed by atoms with Crippen molar-refractivity contribution in [2.45, 2.75) is 45.3 Å². The maximum atomic E-state index is 14.9. The molecule has 2 aliphatic heterocycles. The molecule has 1 aromatic carbocycles. The van der Waals surface area contributed by atoms with E-state index in [9.17, 15) is 23.2 Å². The van der Waals surface area contributed by atoms with Crippen LogP contribution in [0.4, 0.5) is 18.4 Å². The molecule has 0 saturated carbocycles. The van der Waals surface area contributed by atoms with Gasteiger partial charge in [-0.15, -0.1) is 0 Å². The average Bonchev–Trinajstić information content (AvgIpc) is 2.59. The van der Waals surface area contributed by atoms with Crippen molar-refractivity contribution >= 4 is 18.1 Å². The van der Waals surface area contributed by atoms with E-state index in [1.54, 1.807) is 45.0 Å². The van der Waals surface area contributed by atoms with Gasteiger partial charge in [0.2, 0.25) is 0 Å². The van der Waals surface area contributed by atoms with Crippen LogP contribution in [0.25, 0.3) is 0 Å². The fourth-order valence-corrected chi connectivity index (χ4v) is 3.45. The number of hydrogen-bond donors (Lipinski definition) is 0. The molecule has 0 unspecified atom stereocenters. The van der Waals surface area contributed by atoms with Crippen LogP contribution in [0.2, 0.25) is 0 Å². The van der Waals surface area contributed by atoms with Gasteiger partial charge in [0.05, 0.1) is 5.41 Å². The van der Waals surface area contributed by atoms with Gasteiger partial charge in [-0.2, -0.15) is 8.78 Å². The Balaban J connectivity index is 1.59. The van der Waals surface area contributed by atoms with Crippen LogP contribution in [0.5, 0.6) is 0 Å². The Morgan fingerprint density at radius 1 is 1.10 bits per heavy atom. The molecule has 158 valence electrons. The lowest BCUT2D eigenvalue weighted by Gasteiger charge is -2.55. The van der Waals surface area contributed by atoms with Gasteiger partial charge >= 0.3 is 24.0 Å². The highest BCUT2D eigenvalue weighted by molar-refractivity contribution is 5.97. The molecule has 0 atom stereocenters. The summed E-state index contributed by atoms with van der Waals surface area (Å²) in [6, 6.07) is 8.99. The molecule has 0 aliphatic carbocycles. The quantitative estimate of drug-likeness (QED) is 0.747. The Morgan fingerprint density at radius 3 is 2.31 bits per heavy atom. The standard InChI is InChI=1S/C20H24F2N2O5/c1-18(2,3)29-17(27)24-10-9-19(20(21,22)15(24)25)12-23(13-19)16(26)28-11-14-7-5-4-6-8-14/h4-8H,9-13H2,1-3H3. The molecule has 2 aliphatic rings. The highest BCUT2D eigenvalue weighted by Crippen LogP contribution is 2.51. The first-order valence-corrected chi connectivity index (χ1v) is 9.34. The summed E-state index contributed by atoms with van der Waals surface area (Å²) in [7, 11) is 0. The number of rotatable bonds is 2. The lowest BCUT2D eigenvalue weighted by atomic mass is 9.69. The van der Waals surface area contributed by atoms with Gasteiger partial charge in [-0.25, -0.2) is 14.5 Å². The maximum absolute atomic E-state index is 14.9. The SMILES string of the molecule is CC(C)(C)OC(=O)N1CCC2(CN(C(=O)OCc3ccccc3)C2)C(F)(F)C1=O. The van der Waals surface area contributed by atoms with E-state index in [0.29, 0.717) is 4.90 Å². The highest BCUT2D eigenvalue weighted by Gasteiger charge is 2.69. The predicted octanol–water partition coefficient (Wildman–Crippen LogP) is 3.43. The van der Waals surface area contributed by atoms with Crippen LogP contribution < -0.4 is 0 Å². The molecule has 3 amide bonds. The van der Waals surface area contributed by atoms with Crippen molar-refractivity contribution in [1.29, 1.82) is 0 Å². The molecular formula is C20H24F2N2O5. The Hall–Kier alpha value is -2.71. The molecule has 0 aromatic heterocycles. The third-order valence-electron chi connectivity index (χ3n) is 5.06. The van der Waals surface area contributed by atoms with Crippen LogP contribution in [0.1, 0.15) is 32.8 Å². The number of carbonyl (C=O) groups excluding carboxylic acids is 3. The Bertz CT molecular complexity index is 801. The summed E-state index contributed by atoms with van der Waals surface area (Å²) in [6.45, 7) is 4.00. The van der Waals surface area contributed by atoms with Crippen LogP contribution >= 0.6 is 0 Å². The summed E-state index contributed by atoms with van der Waals surface area (Å²) in [5, 5.41) is 0. The minimum Gasteiger partial charge on any atom is -0.445 e. The molecular weight excluding hydrogens is 386 g/mol. The topological polar surface area (TPSA) is 76.2 Å². The first kappa shape index (κ1) is 21.0. The Morgan fingerprint density at radius 2 is 1.72 bits per heavy atom. The zero-order valence-corrected chi connectivity index (χ0v) is 16.6. The molecule has 2 saturated heterocycles. The summed E-state index contributed by atoms with van der Waals surface area (Å²) >= 11 is 0. The molecule has 1 spiro atoms. The van der Waals surface area contributed by atoms with E-state index in [1.807, 2.05) is 6.07 Å². The van der Waals surface area contributed by atoms with Crippen molar-refractivity contribution in [3.8, 4) is 0 Å². The van der Waals surface area contributed by atoms with E-state index in [0.717, 1.165) is 10.5 Å². The number of nitrogens with zero attached hydrogens (tertiary/aromatic N) is 2. The fourth-order valence-electron chi connectivity index (χ4n) is 3.45. The van der Waals surface area contributed by atoms with Crippen LogP contribution in [0.15, 0.2) is 30.3 Å². The van der Waals surface area contributed by atoms with Crippen LogP contribution in [0, 0.1) is 5.41 Å². The molecule has 3 rings (SSSR count). The molecule has 0 N–H and O–H groups in total. The lowest BCUT2D eigenvalue weighted by Crippen LogP contribution is -2.73. The number of piperidine rings is 1. The molecule has 9 heteroatoms. The number of carbonyl (C=O) groups is 3. The number of ether oxygens (including phenoxy) is 2. The van der Waals surface area contributed by atoms with E-state index < -0.39 is 35.0 Å². The van der Waals surface area contributed by atoms with Crippen molar-refractivity contribution in [2.24, 2.45) is 5.41 Å². The third kappa shape index (κ3) is 4.04. The lowest BCUT2D eigenvalue weighted by molar-refractivity contribution is -0.217. The third-order valence-corrected chi connectivity index (χ3v) is 5.06. The van der Waals surface area contributed by atoms with E-state index >= 15 is 0 Å². The monoisotopic (exact) mass is 410 g/mol. The second-order valence-corrected chi connectivity index (χ2v) is 8.44. The van der Waals surface area contributed by atoms with E-state index in [2.05, 4.69) is 0 Å². The first-order chi connectivity index (χ1) is 13.5. The van der Waals surface area contributed by atoms with Crippen LogP contribution in [0.3, 0.4) is 0 Å². The van der Waals surface area contributed by atoms with Gasteiger partial charge in [0.25, 0.3) is 0 Å². The van der Waals surface area contributed by atoms with Gasteiger partial charge < -0.3 is 14.4 Å². The Kier molecular flexibility index (Phi) is 5.27. The molecule has 0 radical (unpaired) electrons. The molecule has 2 heterocycles. The second-order valence-electron chi connectivity index (χ2n) is 8.44. The smallest absolute Gasteiger partial charge is 0.417 e. The number of alkyl halides is 2. The van der Waals surface area contributed by atoms with E-state index in [4.69, 9.17) is 9.47 Å². The molecule has 1 aromatic rings. The highest BCUT2D eigenvalue weighted by atomic mass is 19.3. The summed E-state index contributed by atoms with van der Waals surface area (Å²) in [5.41, 5.74) is -1.81. The number of imide groups is 1. The zero-order valence-electron chi connectivity index (χ0n) is 16.6. The van der Waals surface area contributed by atoms with Crippen LogP contribution in [-0.2, 0) is 20.9 Å². The van der Waals surface area contributed by atoms with Crippen molar-refractivity contribution in [2.75, 3.05) is 19.6 Å². The van der Waals surface area contributed by atoms with Gasteiger partial charge in [0.1, 0.15) is 12.2 Å². The number of halogens is 2. The van der Waals surface area contributed by atoms with Crippen molar-refractivity contribution in [3.05, 3.63) is 35.9 Å². The van der Waals surface area contributed by atoms with Crippen molar-refractivity contribution < 1.29 is 32.6 Å². The summed E-state index contributed by atoms with van der Waals surface area (Å²) in [6.07, 6.45) is -1.92. The van der Waals surface area contributed by atoms with Crippen molar-refractivity contribution in [1.82, 2.24) is 9.80 Å². The molecule has 0 bridgehead atoms. The molecule has 29 heavy (non-hydrogen) atoms. The number of hydrogen-bond acceptors (Lipinski definition) is 5. The minimum atomic E-state index is -3.78. The molecule has 7 nitrogen and oxygen atoms in total. The summed E-state index contributed by atoms with van der Waals surface area (Å²) in [5.74, 6) is -5.37. The maximum Gasteiger partial charge on any atom is 0.417 e.